The van der Waals surface area contributed by atoms with E-state index in [4.69, 9.17) is 0 Å². The van der Waals surface area contributed by atoms with Gasteiger partial charge in [0.2, 0.25) is 0 Å². The number of hydrogen-bond acceptors (Lipinski definition) is 2. The van der Waals surface area contributed by atoms with Crippen LogP contribution in [0.5, 0.6) is 0 Å². The van der Waals surface area contributed by atoms with E-state index in [0.717, 1.165) is 0 Å². The second-order valence-electron chi connectivity index (χ2n) is 3.77. The van der Waals surface area contributed by atoms with Gasteiger partial charge in [-0.25, -0.2) is 0 Å². The monoisotopic (exact) mass is 181 g/mol. The van der Waals surface area contributed by atoms with Crippen LogP contribution in [0.3, 0.4) is 0 Å². The molecule has 1 aromatic rings. The van der Waals surface area contributed by atoms with Crippen molar-refractivity contribution in [2.24, 2.45) is 0 Å². The van der Waals surface area contributed by atoms with E-state index in [0.29, 0.717) is 0 Å². The molecule has 0 bridgehead atoms. The highest BCUT2D eigenvalue weighted by molar-refractivity contribution is 7.12. The standard InChI is InChI=1S/C10H15NS/c1-8-4-5-9(12-8)10(2)6-3-7-11-10/h4-5,11H,3,6-7H2,1-2H3. The Hall–Kier alpha value is -0.340. The lowest BCUT2D eigenvalue weighted by Gasteiger charge is -2.22. The van der Waals surface area contributed by atoms with Crippen LogP contribution in [0.15, 0.2) is 12.1 Å². The molecule has 1 fully saturated rings. The van der Waals surface area contributed by atoms with Gasteiger partial charge in [-0.1, -0.05) is 0 Å². The summed E-state index contributed by atoms with van der Waals surface area (Å²) in [7, 11) is 0. The minimum atomic E-state index is 0.277. The predicted molar refractivity (Wildman–Crippen MR) is 53.6 cm³/mol. The van der Waals surface area contributed by atoms with Gasteiger partial charge in [0.05, 0.1) is 5.54 Å². The Labute approximate surface area is 77.8 Å². The molecule has 1 unspecified atom stereocenters. The average molecular weight is 181 g/mol. The van der Waals surface area contributed by atoms with Crippen LogP contribution in [-0.4, -0.2) is 6.54 Å². The van der Waals surface area contributed by atoms with Gasteiger partial charge in [0.25, 0.3) is 0 Å². The Morgan fingerprint density at radius 2 is 2.33 bits per heavy atom. The Bertz CT molecular complexity index is 271. The molecule has 1 atom stereocenters. The van der Waals surface area contributed by atoms with Gasteiger partial charge in [0.1, 0.15) is 0 Å². The van der Waals surface area contributed by atoms with Crippen LogP contribution in [0.2, 0.25) is 0 Å². The molecule has 0 aliphatic carbocycles. The van der Waals surface area contributed by atoms with Gasteiger partial charge < -0.3 is 5.32 Å². The minimum absolute atomic E-state index is 0.277. The number of hydrogen-bond donors (Lipinski definition) is 1. The summed E-state index contributed by atoms with van der Waals surface area (Å²) in [5.74, 6) is 0. The summed E-state index contributed by atoms with van der Waals surface area (Å²) < 4.78 is 0. The normalized spacial score (nSPS) is 29.5. The van der Waals surface area contributed by atoms with Crippen LogP contribution in [0, 0.1) is 6.92 Å². The van der Waals surface area contributed by atoms with E-state index in [2.05, 4.69) is 31.3 Å². The molecule has 1 nitrogen and oxygen atoms in total. The molecule has 0 radical (unpaired) electrons. The van der Waals surface area contributed by atoms with Crippen molar-refractivity contribution < 1.29 is 0 Å². The number of thiophene rings is 1. The number of nitrogens with one attached hydrogen (secondary N) is 1. The fraction of sp³-hybridized carbons (Fsp3) is 0.600. The van der Waals surface area contributed by atoms with Gasteiger partial charge in [-0.05, 0) is 45.4 Å². The van der Waals surface area contributed by atoms with Gasteiger partial charge in [-0.3, -0.25) is 0 Å². The summed E-state index contributed by atoms with van der Waals surface area (Å²) >= 11 is 1.92. The molecule has 0 spiro atoms. The van der Waals surface area contributed by atoms with Crippen molar-refractivity contribution in [2.45, 2.75) is 32.2 Å². The van der Waals surface area contributed by atoms with E-state index in [1.165, 1.54) is 29.1 Å². The second-order valence-corrected chi connectivity index (χ2v) is 5.06. The smallest absolute Gasteiger partial charge is 0.0500 e. The van der Waals surface area contributed by atoms with Crippen molar-refractivity contribution >= 4 is 11.3 Å². The third kappa shape index (κ3) is 1.29. The Kier molecular flexibility index (Phi) is 1.97. The lowest BCUT2D eigenvalue weighted by atomic mass is 9.98. The van der Waals surface area contributed by atoms with Crippen molar-refractivity contribution in [1.29, 1.82) is 0 Å². The highest BCUT2D eigenvalue weighted by Gasteiger charge is 2.30. The molecule has 2 heteroatoms. The third-order valence-corrected chi connectivity index (χ3v) is 3.92. The van der Waals surface area contributed by atoms with Crippen molar-refractivity contribution in [3.05, 3.63) is 21.9 Å². The van der Waals surface area contributed by atoms with Crippen LogP contribution >= 0.6 is 11.3 Å². The first-order valence-electron chi connectivity index (χ1n) is 4.53. The summed E-state index contributed by atoms with van der Waals surface area (Å²) in [6.45, 7) is 5.66. The average Bonchev–Trinajstić information content (AvgIpc) is 2.59. The lowest BCUT2D eigenvalue weighted by Crippen LogP contribution is -2.31. The van der Waals surface area contributed by atoms with E-state index in [1.54, 1.807) is 0 Å². The minimum Gasteiger partial charge on any atom is -0.307 e. The molecule has 0 saturated carbocycles. The van der Waals surface area contributed by atoms with E-state index in [-0.39, 0.29) is 5.54 Å². The maximum Gasteiger partial charge on any atom is 0.0500 e. The highest BCUT2D eigenvalue weighted by Crippen LogP contribution is 2.34. The maximum absolute atomic E-state index is 3.57. The van der Waals surface area contributed by atoms with Crippen molar-refractivity contribution in [3.8, 4) is 0 Å². The molecule has 66 valence electrons. The molecular weight excluding hydrogens is 166 g/mol. The quantitative estimate of drug-likeness (QED) is 0.702. The zero-order valence-corrected chi connectivity index (χ0v) is 8.50. The highest BCUT2D eigenvalue weighted by atomic mass is 32.1. The molecule has 1 aliphatic rings. The Morgan fingerprint density at radius 1 is 1.50 bits per heavy atom. The summed E-state index contributed by atoms with van der Waals surface area (Å²) in [5.41, 5.74) is 0.277. The van der Waals surface area contributed by atoms with Gasteiger partial charge in [-0.15, -0.1) is 11.3 Å². The van der Waals surface area contributed by atoms with Gasteiger partial charge in [0, 0.05) is 9.75 Å². The molecule has 2 heterocycles. The van der Waals surface area contributed by atoms with Crippen LogP contribution in [0.25, 0.3) is 0 Å². The van der Waals surface area contributed by atoms with Crippen LogP contribution in [0.1, 0.15) is 29.5 Å². The largest absolute Gasteiger partial charge is 0.307 e. The molecular formula is C10H15NS. The fourth-order valence-electron chi connectivity index (χ4n) is 1.84. The van der Waals surface area contributed by atoms with Gasteiger partial charge in [-0.2, -0.15) is 0 Å². The summed E-state index contributed by atoms with van der Waals surface area (Å²) in [6.07, 6.45) is 2.60. The van der Waals surface area contributed by atoms with E-state index < -0.39 is 0 Å². The molecule has 0 aromatic carbocycles. The first-order valence-corrected chi connectivity index (χ1v) is 5.34. The van der Waals surface area contributed by atoms with Crippen LogP contribution in [0.4, 0.5) is 0 Å². The molecule has 12 heavy (non-hydrogen) atoms. The van der Waals surface area contributed by atoms with Gasteiger partial charge in [0.15, 0.2) is 0 Å². The lowest BCUT2D eigenvalue weighted by molar-refractivity contribution is 0.444. The van der Waals surface area contributed by atoms with E-state index >= 15 is 0 Å². The summed E-state index contributed by atoms with van der Waals surface area (Å²) in [6, 6.07) is 4.48. The first-order chi connectivity index (χ1) is 5.71. The second kappa shape index (κ2) is 2.86. The number of rotatable bonds is 1. The van der Waals surface area contributed by atoms with E-state index in [1.807, 2.05) is 11.3 Å². The fourth-order valence-corrected chi connectivity index (χ4v) is 2.85. The molecule has 2 rings (SSSR count). The van der Waals surface area contributed by atoms with Crippen LogP contribution in [-0.2, 0) is 5.54 Å². The van der Waals surface area contributed by atoms with Crippen LogP contribution < -0.4 is 5.32 Å². The topological polar surface area (TPSA) is 12.0 Å². The molecule has 1 saturated heterocycles. The third-order valence-electron chi connectivity index (χ3n) is 2.65. The molecule has 0 amide bonds. The Morgan fingerprint density at radius 3 is 2.83 bits per heavy atom. The predicted octanol–water partition coefficient (Wildman–Crippen LogP) is 2.66. The molecule has 1 N–H and O–H groups in total. The molecule has 1 aliphatic heterocycles. The molecule has 1 aromatic heterocycles. The zero-order valence-electron chi connectivity index (χ0n) is 7.68. The SMILES string of the molecule is Cc1ccc(C2(C)CCCN2)s1. The summed E-state index contributed by atoms with van der Waals surface area (Å²) in [4.78, 5) is 2.91. The first kappa shape index (κ1) is 8.27. The Balaban J connectivity index is 2.28. The zero-order chi connectivity index (χ0) is 8.60. The van der Waals surface area contributed by atoms with E-state index in [9.17, 15) is 0 Å². The number of aryl methyl sites for hydroxylation is 1. The maximum atomic E-state index is 3.57. The van der Waals surface area contributed by atoms with Crippen molar-refractivity contribution in [2.75, 3.05) is 6.54 Å². The van der Waals surface area contributed by atoms with Crippen molar-refractivity contribution in [1.82, 2.24) is 5.32 Å². The summed E-state index contributed by atoms with van der Waals surface area (Å²) in [5, 5.41) is 3.57. The van der Waals surface area contributed by atoms with Crippen molar-refractivity contribution in [3.63, 3.8) is 0 Å². The van der Waals surface area contributed by atoms with Gasteiger partial charge >= 0.3 is 0 Å².